The van der Waals surface area contributed by atoms with E-state index in [1.165, 1.54) is 6.33 Å². The SMILES string of the molecule is COc1cc2c(Nc3ccccc3)ncnc2c(OC)c1OC. The predicted octanol–water partition coefficient (Wildman–Crippen LogP) is 3.40. The van der Waals surface area contributed by atoms with Gasteiger partial charge in [-0.25, -0.2) is 9.97 Å². The molecule has 0 spiro atoms. The van der Waals surface area contributed by atoms with Gasteiger partial charge in [-0.1, -0.05) is 18.2 Å². The highest BCUT2D eigenvalue weighted by molar-refractivity contribution is 5.97. The molecule has 1 N–H and O–H groups in total. The molecular formula is C17H17N3O3. The molecule has 0 bridgehead atoms. The number of methoxy groups -OCH3 is 3. The smallest absolute Gasteiger partial charge is 0.205 e. The Morgan fingerprint density at radius 3 is 2.26 bits per heavy atom. The highest BCUT2D eigenvalue weighted by atomic mass is 16.5. The van der Waals surface area contributed by atoms with Gasteiger partial charge in [-0.05, 0) is 18.2 Å². The topological polar surface area (TPSA) is 65.5 Å². The third-order valence-corrected chi connectivity index (χ3v) is 3.47. The molecule has 0 atom stereocenters. The van der Waals surface area contributed by atoms with Gasteiger partial charge in [0.1, 0.15) is 17.7 Å². The van der Waals surface area contributed by atoms with Gasteiger partial charge in [-0.3, -0.25) is 0 Å². The maximum Gasteiger partial charge on any atom is 0.205 e. The van der Waals surface area contributed by atoms with Gasteiger partial charge in [0.2, 0.25) is 5.75 Å². The Hall–Kier alpha value is -3.02. The van der Waals surface area contributed by atoms with Crippen molar-refractivity contribution in [2.24, 2.45) is 0 Å². The molecule has 118 valence electrons. The van der Waals surface area contributed by atoms with Crippen LogP contribution in [0.15, 0.2) is 42.7 Å². The molecule has 0 aliphatic carbocycles. The number of anilines is 2. The van der Waals surface area contributed by atoms with Crippen molar-refractivity contribution >= 4 is 22.4 Å². The van der Waals surface area contributed by atoms with Crippen LogP contribution in [-0.4, -0.2) is 31.3 Å². The third-order valence-electron chi connectivity index (χ3n) is 3.47. The summed E-state index contributed by atoms with van der Waals surface area (Å²) in [6.07, 6.45) is 1.49. The molecule has 2 aromatic carbocycles. The summed E-state index contributed by atoms with van der Waals surface area (Å²) in [6.45, 7) is 0. The Labute approximate surface area is 134 Å². The quantitative estimate of drug-likeness (QED) is 0.779. The van der Waals surface area contributed by atoms with Gasteiger partial charge in [0.05, 0.1) is 26.7 Å². The van der Waals surface area contributed by atoms with E-state index in [9.17, 15) is 0 Å². The molecule has 6 nitrogen and oxygen atoms in total. The highest BCUT2D eigenvalue weighted by Gasteiger charge is 2.19. The van der Waals surface area contributed by atoms with Crippen molar-refractivity contribution in [3.63, 3.8) is 0 Å². The van der Waals surface area contributed by atoms with Crippen molar-refractivity contribution in [2.75, 3.05) is 26.6 Å². The van der Waals surface area contributed by atoms with E-state index in [0.29, 0.717) is 28.6 Å². The van der Waals surface area contributed by atoms with E-state index in [-0.39, 0.29) is 0 Å². The first-order valence-electron chi connectivity index (χ1n) is 7.04. The molecule has 1 heterocycles. The second-order valence-electron chi connectivity index (χ2n) is 4.75. The Bertz CT molecular complexity index is 822. The van der Waals surface area contributed by atoms with Crippen molar-refractivity contribution in [2.45, 2.75) is 0 Å². The van der Waals surface area contributed by atoms with Gasteiger partial charge in [0.25, 0.3) is 0 Å². The minimum Gasteiger partial charge on any atom is -0.493 e. The van der Waals surface area contributed by atoms with Gasteiger partial charge >= 0.3 is 0 Å². The molecule has 0 fully saturated rings. The average molecular weight is 311 g/mol. The standard InChI is InChI=1S/C17H17N3O3/c1-21-13-9-12-14(16(23-3)15(13)22-2)18-10-19-17(12)20-11-7-5-4-6-8-11/h4-10H,1-3H3,(H,18,19,20). The van der Waals surface area contributed by atoms with Crippen LogP contribution in [0.2, 0.25) is 0 Å². The van der Waals surface area contributed by atoms with Crippen LogP contribution in [0.1, 0.15) is 0 Å². The molecule has 6 heteroatoms. The molecule has 0 aliphatic heterocycles. The number of rotatable bonds is 5. The van der Waals surface area contributed by atoms with Crippen LogP contribution in [0, 0.1) is 0 Å². The lowest BCUT2D eigenvalue weighted by atomic mass is 10.1. The van der Waals surface area contributed by atoms with Crippen LogP contribution in [0.5, 0.6) is 17.2 Å². The van der Waals surface area contributed by atoms with E-state index in [2.05, 4.69) is 15.3 Å². The first-order valence-corrected chi connectivity index (χ1v) is 7.04. The summed E-state index contributed by atoms with van der Waals surface area (Å²) < 4.78 is 16.3. The van der Waals surface area contributed by atoms with E-state index in [0.717, 1.165) is 11.1 Å². The van der Waals surface area contributed by atoms with Gasteiger partial charge in [0.15, 0.2) is 11.5 Å². The number of ether oxygens (including phenoxy) is 3. The van der Waals surface area contributed by atoms with Crippen molar-refractivity contribution in [1.82, 2.24) is 9.97 Å². The largest absolute Gasteiger partial charge is 0.493 e. The summed E-state index contributed by atoms with van der Waals surface area (Å²) in [7, 11) is 4.72. The zero-order chi connectivity index (χ0) is 16.2. The lowest BCUT2D eigenvalue weighted by Crippen LogP contribution is -2.00. The normalized spacial score (nSPS) is 10.4. The number of para-hydroxylation sites is 1. The lowest BCUT2D eigenvalue weighted by molar-refractivity contribution is 0.327. The summed E-state index contributed by atoms with van der Waals surface area (Å²) in [4.78, 5) is 8.66. The number of hydrogen-bond acceptors (Lipinski definition) is 6. The van der Waals surface area contributed by atoms with Crippen molar-refractivity contribution in [1.29, 1.82) is 0 Å². The van der Waals surface area contributed by atoms with Crippen LogP contribution in [-0.2, 0) is 0 Å². The van der Waals surface area contributed by atoms with E-state index >= 15 is 0 Å². The number of benzene rings is 2. The maximum absolute atomic E-state index is 5.47. The summed E-state index contributed by atoms with van der Waals surface area (Å²) in [6, 6.07) is 11.6. The number of nitrogens with one attached hydrogen (secondary N) is 1. The van der Waals surface area contributed by atoms with Crippen LogP contribution in [0.4, 0.5) is 11.5 Å². The van der Waals surface area contributed by atoms with E-state index in [1.807, 2.05) is 36.4 Å². The van der Waals surface area contributed by atoms with Crippen LogP contribution in [0.3, 0.4) is 0 Å². The summed E-state index contributed by atoms with van der Waals surface area (Å²) in [5.74, 6) is 2.25. The zero-order valence-corrected chi connectivity index (χ0v) is 13.2. The van der Waals surface area contributed by atoms with Gasteiger partial charge in [-0.2, -0.15) is 0 Å². The average Bonchev–Trinajstić information content (AvgIpc) is 2.61. The first kappa shape index (κ1) is 14.9. The van der Waals surface area contributed by atoms with Gasteiger partial charge in [0, 0.05) is 5.69 Å². The first-order chi connectivity index (χ1) is 11.3. The molecule has 0 amide bonds. The van der Waals surface area contributed by atoms with Gasteiger partial charge in [-0.15, -0.1) is 0 Å². The zero-order valence-electron chi connectivity index (χ0n) is 13.2. The Balaban J connectivity index is 2.20. The molecule has 1 aromatic heterocycles. The van der Waals surface area contributed by atoms with Crippen molar-refractivity contribution < 1.29 is 14.2 Å². The fraction of sp³-hybridized carbons (Fsp3) is 0.176. The fourth-order valence-corrected chi connectivity index (χ4v) is 2.42. The minimum absolute atomic E-state index is 0.506. The summed E-state index contributed by atoms with van der Waals surface area (Å²) in [5, 5.41) is 4.07. The number of nitrogens with zero attached hydrogens (tertiary/aromatic N) is 2. The number of fused-ring (bicyclic) bond motifs is 1. The fourth-order valence-electron chi connectivity index (χ4n) is 2.42. The Morgan fingerprint density at radius 1 is 0.870 bits per heavy atom. The van der Waals surface area contributed by atoms with E-state index in [1.54, 1.807) is 21.3 Å². The Kier molecular flexibility index (Phi) is 4.14. The van der Waals surface area contributed by atoms with Crippen LogP contribution in [0.25, 0.3) is 10.9 Å². The number of aromatic nitrogens is 2. The molecule has 3 rings (SSSR count). The van der Waals surface area contributed by atoms with E-state index < -0.39 is 0 Å². The maximum atomic E-state index is 5.47. The van der Waals surface area contributed by atoms with Gasteiger partial charge < -0.3 is 19.5 Å². The summed E-state index contributed by atoms with van der Waals surface area (Å²) >= 11 is 0. The predicted molar refractivity (Wildman–Crippen MR) is 88.9 cm³/mol. The molecule has 0 aliphatic rings. The minimum atomic E-state index is 0.506. The summed E-state index contributed by atoms with van der Waals surface area (Å²) in [5.41, 5.74) is 1.58. The third kappa shape index (κ3) is 2.70. The number of hydrogen-bond donors (Lipinski definition) is 1. The molecule has 0 radical (unpaired) electrons. The van der Waals surface area contributed by atoms with Crippen molar-refractivity contribution in [3.8, 4) is 17.2 Å². The van der Waals surface area contributed by atoms with Crippen molar-refractivity contribution in [3.05, 3.63) is 42.7 Å². The monoisotopic (exact) mass is 311 g/mol. The second-order valence-corrected chi connectivity index (χ2v) is 4.75. The molecule has 0 saturated carbocycles. The van der Waals surface area contributed by atoms with Crippen LogP contribution < -0.4 is 19.5 Å². The molecule has 23 heavy (non-hydrogen) atoms. The molecular weight excluding hydrogens is 294 g/mol. The Morgan fingerprint density at radius 2 is 1.61 bits per heavy atom. The lowest BCUT2D eigenvalue weighted by Gasteiger charge is -2.15. The second kappa shape index (κ2) is 6.39. The highest BCUT2D eigenvalue weighted by Crippen LogP contribution is 2.44. The molecule has 0 saturated heterocycles. The van der Waals surface area contributed by atoms with Crippen LogP contribution >= 0.6 is 0 Å². The van der Waals surface area contributed by atoms with E-state index in [4.69, 9.17) is 14.2 Å². The molecule has 0 unspecified atom stereocenters. The molecule has 3 aromatic rings.